The summed E-state index contributed by atoms with van der Waals surface area (Å²) in [5.74, 6) is -0.00562. The summed E-state index contributed by atoms with van der Waals surface area (Å²) in [5, 5.41) is 2.89. The van der Waals surface area contributed by atoms with Crippen LogP contribution in [0.5, 0.6) is 0 Å². The molecule has 4 heterocycles. The topological polar surface area (TPSA) is 70.2 Å². The van der Waals surface area contributed by atoms with Crippen LogP contribution in [0.4, 0.5) is 5.69 Å². The Bertz CT molecular complexity index is 1140. The molecular formula is C25H26N4O2. The van der Waals surface area contributed by atoms with Crippen molar-refractivity contribution in [1.29, 1.82) is 0 Å². The van der Waals surface area contributed by atoms with Gasteiger partial charge >= 0.3 is 0 Å². The molecule has 6 heteroatoms. The molecule has 1 fully saturated rings. The first-order chi connectivity index (χ1) is 15.2. The van der Waals surface area contributed by atoms with Crippen LogP contribution in [-0.2, 0) is 11.2 Å². The van der Waals surface area contributed by atoms with Crippen LogP contribution in [-0.4, -0.2) is 48.7 Å². The van der Waals surface area contributed by atoms with Crippen molar-refractivity contribution in [2.45, 2.75) is 13.3 Å². The van der Waals surface area contributed by atoms with Gasteiger partial charge in [-0.3, -0.25) is 9.78 Å². The summed E-state index contributed by atoms with van der Waals surface area (Å²) in [6, 6.07) is 12.5. The number of nitrogens with one attached hydrogen (secondary N) is 2. The molecule has 0 unspecified atom stereocenters. The highest BCUT2D eigenvalue weighted by Crippen LogP contribution is 2.25. The maximum absolute atomic E-state index is 12.0. The number of hydrogen-bond donors (Lipinski definition) is 2. The number of aromatic nitrogens is 2. The maximum atomic E-state index is 12.0. The molecule has 1 saturated heterocycles. The van der Waals surface area contributed by atoms with Crippen molar-refractivity contribution < 1.29 is 9.53 Å². The standard InChI is InChI=1S/C25H26N4O2/c1-17-14-21(29-10-12-31-13-11-29)5-3-18(17)2-4-20-15-19(6-8-26-20)24-16-22-23(28-24)7-9-27-25(22)30/h2-6,8,14-16,28H,7,9-13H2,1H3,(H,27,30)/b4-2+. The Hall–Kier alpha value is -3.38. The van der Waals surface area contributed by atoms with E-state index >= 15 is 0 Å². The average molecular weight is 415 g/mol. The summed E-state index contributed by atoms with van der Waals surface area (Å²) in [6.07, 6.45) is 6.79. The third-order valence-corrected chi connectivity index (χ3v) is 5.96. The molecule has 31 heavy (non-hydrogen) atoms. The number of morpholine rings is 1. The normalized spacial score (nSPS) is 16.4. The van der Waals surface area contributed by atoms with Crippen LogP contribution < -0.4 is 10.2 Å². The van der Waals surface area contributed by atoms with Crippen molar-refractivity contribution in [1.82, 2.24) is 15.3 Å². The van der Waals surface area contributed by atoms with Gasteiger partial charge in [-0.2, -0.15) is 0 Å². The van der Waals surface area contributed by atoms with Crippen LogP contribution >= 0.6 is 0 Å². The zero-order chi connectivity index (χ0) is 21.2. The second-order valence-corrected chi connectivity index (χ2v) is 8.02. The minimum Gasteiger partial charge on any atom is -0.378 e. The van der Waals surface area contributed by atoms with Gasteiger partial charge in [0.15, 0.2) is 0 Å². The molecule has 158 valence electrons. The fourth-order valence-electron chi connectivity index (χ4n) is 4.20. The Morgan fingerprint density at radius 1 is 1.10 bits per heavy atom. The van der Waals surface area contributed by atoms with Crippen molar-refractivity contribution in [2.75, 3.05) is 37.7 Å². The first kappa shape index (κ1) is 19.6. The lowest BCUT2D eigenvalue weighted by Gasteiger charge is -2.29. The van der Waals surface area contributed by atoms with Crippen LogP contribution in [0.15, 0.2) is 42.6 Å². The minimum atomic E-state index is -0.00562. The molecule has 2 aromatic heterocycles. The van der Waals surface area contributed by atoms with E-state index in [4.69, 9.17) is 4.74 Å². The summed E-state index contributed by atoms with van der Waals surface area (Å²) in [4.78, 5) is 22.3. The second-order valence-electron chi connectivity index (χ2n) is 8.02. The van der Waals surface area contributed by atoms with Gasteiger partial charge in [-0.25, -0.2) is 0 Å². The van der Waals surface area contributed by atoms with E-state index in [1.807, 2.05) is 30.5 Å². The number of pyridine rings is 1. The minimum absolute atomic E-state index is 0.00562. The van der Waals surface area contributed by atoms with E-state index in [2.05, 4.69) is 51.4 Å². The number of ether oxygens (including phenoxy) is 1. The Morgan fingerprint density at radius 3 is 2.77 bits per heavy atom. The number of rotatable bonds is 4. The lowest BCUT2D eigenvalue weighted by atomic mass is 10.1. The third-order valence-electron chi connectivity index (χ3n) is 5.96. The van der Waals surface area contributed by atoms with E-state index in [9.17, 15) is 4.79 Å². The van der Waals surface area contributed by atoms with Gasteiger partial charge in [-0.1, -0.05) is 12.1 Å². The first-order valence-electron chi connectivity index (χ1n) is 10.8. The summed E-state index contributed by atoms with van der Waals surface area (Å²) in [7, 11) is 0. The third kappa shape index (κ3) is 4.11. The van der Waals surface area contributed by atoms with Crippen LogP contribution in [0.25, 0.3) is 23.4 Å². The Balaban J connectivity index is 1.35. The molecule has 0 bridgehead atoms. The molecule has 1 aromatic carbocycles. The van der Waals surface area contributed by atoms with E-state index in [1.165, 1.54) is 16.8 Å². The quantitative estimate of drug-likeness (QED) is 0.683. The number of aromatic amines is 1. The average Bonchev–Trinajstić information content (AvgIpc) is 3.25. The van der Waals surface area contributed by atoms with Gasteiger partial charge in [0.2, 0.25) is 0 Å². The van der Waals surface area contributed by atoms with Crippen molar-refractivity contribution in [3.8, 4) is 11.3 Å². The summed E-state index contributed by atoms with van der Waals surface area (Å²) in [6.45, 7) is 6.28. The SMILES string of the molecule is Cc1cc(N2CCOCC2)ccc1/C=C/c1cc(-c2cc3c([nH]2)CCNC3=O)ccn1. The fourth-order valence-corrected chi connectivity index (χ4v) is 4.20. The van der Waals surface area contributed by atoms with Gasteiger partial charge in [-0.05, 0) is 54.5 Å². The number of amides is 1. The van der Waals surface area contributed by atoms with E-state index in [0.717, 1.165) is 60.9 Å². The van der Waals surface area contributed by atoms with Crippen molar-refractivity contribution in [2.24, 2.45) is 0 Å². The molecule has 0 saturated carbocycles. The highest BCUT2D eigenvalue weighted by molar-refractivity contribution is 5.97. The molecule has 6 nitrogen and oxygen atoms in total. The zero-order valence-corrected chi connectivity index (χ0v) is 17.6. The lowest BCUT2D eigenvalue weighted by molar-refractivity contribution is 0.0946. The van der Waals surface area contributed by atoms with Gasteiger partial charge < -0.3 is 19.9 Å². The number of hydrogen-bond acceptors (Lipinski definition) is 4. The number of carbonyl (C=O) groups excluding carboxylic acids is 1. The maximum Gasteiger partial charge on any atom is 0.253 e. The lowest BCUT2D eigenvalue weighted by Crippen LogP contribution is -2.36. The molecule has 5 rings (SSSR count). The van der Waals surface area contributed by atoms with Crippen LogP contribution in [0.3, 0.4) is 0 Å². The van der Waals surface area contributed by atoms with Gasteiger partial charge in [0.25, 0.3) is 5.91 Å². The molecule has 2 N–H and O–H groups in total. The number of H-pyrrole nitrogens is 1. The number of anilines is 1. The van der Waals surface area contributed by atoms with Gasteiger partial charge in [0.1, 0.15) is 0 Å². The highest BCUT2D eigenvalue weighted by Gasteiger charge is 2.20. The molecule has 0 radical (unpaired) electrons. The number of carbonyl (C=O) groups is 1. The number of aryl methyl sites for hydroxylation is 1. The molecule has 2 aliphatic rings. The summed E-state index contributed by atoms with van der Waals surface area (Å²) < 4.78 is 5.45. The van der Waals surface area contributed by atoms with Gasteiger partial charge in [0, 0.05) is 54.9 Å². The van der Waals surface area contributed by atoms with E-state index < -0.39 is 0 Å². The Kier molecular flexibility index (Phi) is 5.30. The predicted molar refractivity (Wildman–Crippen MR) is 123 cm³/mol. The van der Waals surface area contributed by atoms with Gasteiger partial charge in [0.05, 0.1) is 24.5 Å². The monoisotopic (exact) mass is 414 g/mol. The number of nitrogens with zero attached hydrogens (tertiary/aromatic N) is 2. The van der Waals surface area contributed by atoms with E-state index in [1.54, 1.807) is 0 Å². The van der Waals surface area contributed by atoms with Crippen LogP contribution in [0.1, 0.15) is 32.9 Å². The molecule has 0 atom stereocenters. The van der Waals surface area contributed by atoms with Crippen LogP contribution in [0.2, 0.25) is 0 Å². The fraction of sp³-hybridized carbons (Fsp3) is 0.280. The van der Waals surface area contributed by atoms with Crippen LogP contribution in [0, 0.1) is 6.92 Å². The molecule has 3 aromatic rings. The Labute approximate surface area is 182 Å². The molecule has 2 aliphatic heterocycles. The number of benzene rings is 1. The molecular weight excluding hydrogens is 388 g/mol. The number of fused-ring (bicyclic) bond motifs is 1. The van der Waals surface area contributed by atoms with E-state index in [-0.39, 0.29) is 5.91 Å². The van der Waals surface area contributed by atoms with Crippen molar-refractivity contribution >= 4 is 23.7 Å². The highest BCUT2D eigenvalue weighted by atomic mass is 16.5. The van der Waals surface area contributed by atoms with Gasteiger partial charge in [-0.15, -0.1) is 0 Å². The molecule has 0 aliphatic carbocycles. The zero-order valence-electron chi connectivity index (χ0n) is 17.6. The summed E-state index contributed by atoms with van der Waals surface area (Å²) >= 11 is 0. The molecule has 1 amide bonds. The molecule has 0 spiro atoms. The smallest absolute Gasteiger partial charge is 0.253 e. The van der Waals surface area contributed by atoms with Crippen molar-refractivity contribution in [3.05, 3.63) is 70.7 Å². The van der Waals surface area contributed by atoms with Crippen molar-refractivity contribution in [3.63, 3.8) is 0 Å². The first-order valence-corrected chi connectivity index (χ1v) is 10.8. The second kappa shape index (κ2) is 8.40. The predicted octanol–water partition coefficient (Wildman–Crippen LogP) is 3.68. The van der Waals surface area contributed by atoms with E-state index in [0.29, 0.717) is 6.54 Å². The Morgan fingerprint density at radius 2 is 1.97 bits per heavy atom. The largest absolute Gasteiger partial charge is 0.378 e. The summed E-state index contributed by atoms with van der Waals surface area (Å²) in [5.41, 5.74) is 8.26.